The Bertz CT molecular complexity index is 547. The summed E-state index contributed by atoms with van der Waals surface area (Å²) in [7, 11) is 0. The largest absolute Gasteiger partial charge is 0.271 e. The van der Waals surface area contributed by atoms with Gasteiger partial charge in [-0.05, 0) is 43.7 Å². The lowest BCUT2D eigenvalue weighted by Crippen LogP contribution is -2.31. The molecule has 0 aliphatic heterocycles. The molecule has 1 aromatic carbocycles. The number of benzene rings is 1. The Labute approximate surface area is 119 Å². The van der Waals surface area contributed by atoms with E-state index < -0.39 is 0 Å². The fourth-order valence-electron chi connectivity index (χ4n) is 2.08. The number of nitrogens with one attached hydrogen (secondary N) is 1. The van der Waals surface area contributed by atoms with E-state index >= 15 is 0 Å². The van der Waals surface area contributed by atoms with Gasteiger partial charge < -0.3 is 0 Å². The van der Waals surface area contributed by atoms with Gasteiger partial charge in [0.25, 0.3) is 0 Å². The molecule has 3 N–H and O–H groups in total. The number of hydrogen-bond acceptors (Lipinski definition) is 3. The van der Waals surface area contributed by atoms with Crippen molar-refractivity contribution < 1.29 is 4.39 Å². The molecule has 102 valence electrons. The molecule has 1 heterocycles. The number of rotatable bonds is 4. The topological polar surface area (TPSA) is 55.9 Å². The number of hydrogen-bond donors (Lipinski definition) is 2. The van der Waals surface area contributed by atoms with Gasteiger partial charge >= 0.3 is 0 Å². The Morgan fingerprint density at radius 2 is 2.11 bits per heavy atom. The van der Waals surface area contributed by atoms with Crippen molar-refractivity contribution in [3.05, 3.63) is 52.0 Å². The van der Waals surface area contributed by atoms with Crippen molar-refractivity contribution in [2.75, 3.05) is 0 Å². The van der Waals surface area contributed by atoms with Crippen molar-refractivity contribution in [2.24, 2.45) is 5.84 Å². The van der Waals surface area contributed by atoms with E-state index in [9.17, 15) is 4.39 Å². The molecule has 0 saturated carbocycles. The van der Waals surface area contributed by atoms with Gasteiger partial charge in [-0.25, -0.2) is 9.82 Å². The Morgan fingerprint density at radius 3 is 2.68 bits per heavy atom. The highest BCUT2D eigenvalue weighted by atomic mass is 79.9. The second-order valence-corrected chi connectivity index (χ2v) is 5.51. The maximum absolute atomic E-state index is 13.5. The Morgan fingerprint density at radius 1 is 1.37 bits per heavy atom. The first-order chi connectivity index (χ1) is 9.02. The third kappa shape index (κ3) is 3.02. The van der Waals surface area contributed by atoms with Gasteiger partial charge in [-0.1, -0.05) is 15.9 Å². The summed E-state index contributed by atoms with van der Waals surface area (Å²) in [4.78, 5) is 0. The molecule has 2 rings (SSSR count). The first kappa shape index (κ1) is 14.2. The normalized spacial score (nSPS) is 12.9. The van der Waals surface area contributed by atoms with Crippen LogP contribution in [0.4, 0.5) is 4.39 Å². The molecule has 19 heavy (non-hydrogen) atoms. The second kappa shape index (κ2) is 5.81. The van der Waals surface area contributed by atoms with Crippen LogP contribution in [0.5, 0.6) is 0 Å². The van der Waals surface area contributed by atoms with Crippen LogP contribution in [0.15, 0.2) is 34.9 Å². The molecular weight excluding hydrogens is 311 g/mol. The molecule has 6 heteroatoms. The molecule has 1 aromatic heterocycles. The minimum atomic E-state index is -0.308. The summed E-state index contributed by atoms with van der Waals surface area (Å²) in [5, 5.41) is 4.27. The van der Waals surface area contributed by atoms with Crippen molar-refractivity contribution in [1.29, 1.82) is 0 Å². The SMILES string of the molecule is CC(C)n1nccc1C(NN)c1cc(F)cc(Br)c1. The summed E-state index contributed by atoms with van der Waals surface area (Å²) < 4.78 is 16.0. The third-order valence-corrected chi connectivity index (χ3v) is 3.33. The Balaban J connectivity index is 2.47. The lowest BCUT2D eigenvalue weighted by Gasteiger charge is -2.20. The first-order valence-electron chi connectivity index (χ1n) is 5.98. The van der Waals surface area contributed by atoms with E-state index in [1.165, 1.54) is 12.1 Å². The third-order valence-electron chi connectivity index (χ3n) is 2.87. The lowest BCUT2D eigenvalue weighted by atomic mass is 10.0. The van der Waals surface area contributed by atoms with Crippen LogP contribution < -0.4 is 11.3 Å². The van der Waals surface area contributed by atoms with E-state index in [1.54, 1.807) is 6.20 Å². The summed E-state index contributed by atoms with van der Waals surface area (Å²) in [5.74, 6) is 5.33. The van der Waals surface area contributed by atoms with Gasteiger partial charge in [0, 0.05) is 16.7 Å². The summed E-state index contributed by atoms with van der Waals surface area (Å²) in [6, 6.07) is 6.49. The second-order valence-electron chi connectivity index (χ2n) is 4.60. The quantitative estimate of drug-likeness (QED) is 0.671. The summed E-state index contributed by atoms with van der Waals surface area (Å²) in [5.41, 5.74) is 4.37. The maximum Gasteiger partial charge on any atom is 0.124 e. The standard InChI is InChI=1S/C13H16BrFN4/c1-8(2)19-12(3-4-17-19)13(18-16)9-5-10(14)7-11(15)6-9/h3-8,13,18H,16H2,1-2H3. The highest BCUT2D eigenvalue weighted by Gasteiger charge is 2.19. The number of aromatic nitrogens is 2. The average molecular weight is 327 g/mol. The molecule has 0 aliphatic rings. The van der Waals surface area contributed by atoms with E-state index in [0.717, 1.165) is 11.3 Å². The molecule has 0 amide bonds. The smallest absolute Gasteiger partial charge is 0.124 e. The van der Waals surface area contributed by atoms with Crippen LogP contribution in [-0.2, 0) is 0 Å². The van der Waals surface area contributed by atoms with Crippen LogP contribution in [0.25, 0.3) is 0 Å². The summed E-state index contributed by atoms with van der Waals surface area (Å²) in [6.07, 6.45) is 1.72. The van der Waals surface area contributed by atoms with Gasteiger partial charge in [0.2, 0.25) is 0 Å². The number of halogens is 2. The first-order valence-corrected chi connectivity index (χ1v) is 6.77. The van der Waals surface area contributed by atoms with Crippen molar-refractivity contribution >= 4 is 15.9 Å². The van der Waals surface area contributed by atoms with E-state index in [1.807, 2.05) is 30.7 Å². The van der Waals surface area contributed by atoms with Crippen LogP contribution >= 0.6 is 15.9 Å². The predicted molar refractivity (Wildman–Crippen MR) is 75.9 cm³/mol. The molecule has 0 saturated heterocycles. The highest BCUT2D eigenvalue weighted by molar-refractivity contribution is 9.10. The van der Waals surface area contributed by atoms with Gasteiger partial charge in [-0.3, -0.25) is 10.5 Å². The molecule has 0 bridgehead atoms. The summed E-state index contributed by atoms with van der Waals surface area (Å²) in [6.45, 7) is 4.07. The minimum Gasteiger partial charge on any atom is -0.271 e. The van der Waals surface area contributed by atoms with Crippen LogP contribution in [0.2, 0.25) is 0 Å². The highest BCUT2D eigenvalue weighted by Crippen LogP contribution is 2.26. The molecule has 2 aromatic rings. The molecular formula is C13H16BrFN4. The monoisotopic (exact) mass is 326 g/mol. The zero-order valence-electron chi connectivity index (χ0n) is 10.8. The molecule has 4 nitrogen and oxygen atoms in total. The van der Waals surface area contributed by atoms with Crippen molar-refractivity contribution in [3.8, 4) is 0 Å². The molecule has 0 fully saturated rings. The zero-order chi connectivity index (χ0) is 14.0. The summed E-state index contributed by atoms with van der Waals surface area (Å²) >= 11 is 3.29. The van der Waals surface area contributed by atoms with E-state index in [2.05, 4.69) is 26.5 Å². The van der Waals surface area contributed by atoms with Gasteiger partial charge in [-0.2, -0.15) is 5.10 Å². The van der Waals surface area contributed by atoms with Crippen LogP contribution in [-0.4, -0.2) is 9.78 Å². The van der Waals surface area contributed by atoms with E-state index in [4.69, 9.17) is 5.84 Å². The molecule has 0 radical (unpaired) electrons. The molecule has 1 atom stereocenters. The molecule has 0 aliphatic carbocycles. The Kier molecular flexibility index (Phi) is 4.34. The average Bonchev–Trinajstić information content (AvgIpc) is 2.78. The van der Waals surface area contributed by atoms with Crippen LogP contribution in [0, 0.1) is 5.82 Å². The fourth-order valence-corrected chi connectivity index (χ4v) is 2.56. The molecule has 1 unspecified atom stereocenters. The minimum absolute atomic E-state index is 0.206. The number of nitrogens with zero attached hydrogens (tertiary/aromatic N) is 2. The number of hydrazine groups is 1. The lowest BCUT2D eigenvalue weighted by molar-refractivity contribution is 0.475. The van der Waals surface area contributed by atoms with Gasteiger partial charge in [0.05, 0.1) is 11.7 Å². The number of nitrogens with two attached hydrogens (primary N) is 1. The van der Waals surface area contributed by atoms with Crippen molar-refractivity contribution in [1.82, 2.24) is 15.2 Å². The molecule has 0 spiro atoms. The van der Waals surface area contributed by atoms with Gasteiger partial charge in [-0.15, -0.1) is 0 Å². The van der Waals surface area contributed by atoms with Crippen LogP contribution in [0.1, 0.15) is 37.2 Å². The van der Waals surface area contributed by atoms with Gasteiger partial charge in [0.1, 0.15) is 5.82 Å². The van der Waals surface area contributed by atoms with Gasteiger partial charge in [0.15, 0.2) is 0 Å². The van der Waals surface area contributed by atoms with Crippen molar-refractivity contribution in [2.45, 2.75) is 25.9 Å². The Hall–Kier alpha value is -1.24. The maximum atomic E-state index is 13.5. The van der Waals surface area contributed by atoms with Crippen LogP contribution in [0.3, 0.4) is 0 Å². The van der Waals surface area contributed by atoms with Crippen molar-refractivity contribution in [3.63, 3.8) is 0 Å². The van der Waals surface area contributed by atoms with E-state index in [-0.39, 0.29) is 17.9 Å². The fraction of sp³-hybridized carbons (Fsp3) is 0.308. The predicted octanol–water partition coefficient (Wildman–Crippen LogP) is 2.92. The zero-order valence-corrected chi connectivity index (χ0v) is 12.4. The van der Waals surface area contributed by atoms with E-state index in [0.29, 0.717) is 4.47 Å².